The lowest BCUT2D eigenvalue weighted by atomic mass is 9.92. The summed E-state index contributed by atoms with van der Waals surface area (Å²) in [5.74, 6) is 0. The Labute approximate surface area is 258 Å². The summed E-state index contributed by atoms with van der Waals surface area (Å²) in [5.41, 5.74) is 11.3. The highest BCUT2D eigenvalue weighted by Crippen LogP contribution is 2.36. The van der Waals surface area contributed by atoms with E-state index in [0.717, 1.165) is 50.6 Å². The third-order valence-electron chi connectivity index (χ3n) is 7.86. The van der Waals surface area contributed by atoms with Gasteiger partial charge >= 0.3 is 0 Å². The molecule has 4 heteroatoms. The van der Waals surface area contributed by atoms with Crippen molar-refractivity contribution in [3.8, 4) is 16.8 Å². The molecule has 0 aliphatic carbocycles. The lowest BCUT2D eigenvalue weighted by Crippen LogP contribution is -2.07. The number of hydrogen-bond donors (Lipinski definition) is 1. The number of para-hydroxylation sites is 4. The molecule has 1 aromatic heterocycles. The van der Waals surface area contributed by atoms with Crippen molar-refractivity contribution < 1.29 is 0 Å². The Bertz CT molecular complexity index is 2090. The van der Waals surface area contributed by atoms with Gasteiger partial charge in [-0.2, -0.15) is 0 Å². The predicted molar refractivity (Wildman–Crippen MR) is 190 cm³/mol. The second kappa shape index (κ2) is 12.6. The Kier molecular flexibility index (Phi) is 8.15. The monoisotopic (exact) mass is 570 g/mol. The summed E-state index contributed by atoms with van der Waals surface area (Å²) in [7, 11) is 1.92. The molecule has 44 heavy (non-hydrogen) atoms. The molecular formula is C40H34N4. The van der Waals surface area contributed by atoms with E-state index in [1.54, 1.807) is 0 Å². The highest BCUT2D eigenvalue weighted by Gasteiger charge is 2.15. The SMILES string of the molecule is C=C/C(NC)=C(\C=C/C)c1cc(-c2ccc3c(c2)c2ccccc2n3-c2ccccc2)ccc1C=Nc1ccccc1N=C. The van der Waals surface area contributed by atoms with Crippen molar-refractivity contribution in [3.05, 3.63) is 157 Å². The number of aliphatic imine (C=N–C) groups is 2. The van der Waals surface area contributed by atoms with E-state index < -0.39 is 0 Å². The Morgan fingerprint density at radius 2 is 1.43 bits per heavy atom. The van der Waals surface area contributed by atoms with Gasteiger partial charge in [-0.15, -0.1) is 0 Å². The van der Waals surface area contributed by atoms with Crippen LogP contribution in [0.1, 0.15) is 18.1 Å². The number of hydrogen-bond acceptors (Lipinski definition) is 3. The molecule has 0 atom stereocenters. The van der Waals surface area contributed by atoms with Crippen LogP contribution >= 0.6 is 0 Å². The molecule has 1 N–H and O–H groups in total. The summed E-state index contributed by atoms with van der Waals surface area (Å²) in [6.45, 7) is 9.80. The average Bonchev–Trinajstić information content (AvgIpc) is 3.41. The smallest absolute Gasteiger partial charge is 0.0886 e. The minimum atomic E-state index is 0.746. The summed E-state index contributed by atoms with van der Waals surface area (Å²) in [4.78, 5) is 8.95. The molecule has 0 fully saturated rings. The van der Waals surface area contributed by atoms with Crippen molar-refractivity contribution in [2.75, 3.05) is 7.05 Å². The van der Waals surface area contributed by atoms with Crippen molar-refractivity contribution in [1.82, 2.24) is 9.88 Å². The van der Waals surface area contributed by atoms with Crippen LogP contribution in [0.4, 0.5) is 11.4 Å². The molecule has 0 bridgehead atoms. The molecule has 0 saturated carbocycles. The van der Waals surface area contributed by atoms with E-state index >= 15 is 0 Å². The van der Waals surface area contributed by atoms with Crippen molar-refractivity contribution >= 4 is 51.7 Å². The van der Waals surface area contributed by atoms with Gasteiger partial charge in [0.2, 0.25) is 0 Å². The van der Waals surface area contributed by atoms with E-state index in [1.165, 1.54) is 21.8 Å². The van der Waals surface area contributed by atoms with Crippen molar-refractivity contribution in [1.29, 1.82) is 0 Å². The van der Waals surface area contributed by atoms with Gasteiger partial charge in [0.05, 0.1) is 22.4 Å². The minimum Gasteiger partial charge on any atom is -0.388 e. The molecule has 0 amide bonds. The van der Waals surface area contributed by atoms with Crippen molar-refractivity contribution in [2.45, 2.75) is 6.92 Å². The zero-order chi connectivity index (χ0) is 30.5. The maximum atomic E-state index is 4.82. The third-order valence-corrected chi connectivity index (χ3v) is 7.86. The number of nitrogens with zero attached hydrogens (tertiary/aromatic N) is 3. The standard InChI is InChI=1S/C40H34N4/c1-5-14-32(36(6-2)41-3)34-25-28(21-22-30(34)27-43-38-19-12-11-18-37(38)42-4)29-23-24-40-35(26-29)33-17-10-13-20-39(33)44(40)31-15-8-7-9-16-31/h5-27,41H,2,4H2,1,3H3/b14-5-,36-32-,43-27?. The molecule has 5 aromatic carbocycles. The third kappa shape index (κ3) is 5.30. The lowest BCUT2D eigenvalue weighted by Gasteiger charge is -2.15. The molecule has 0 radical (unpaired) electrons. The maximum absolute atomic E-state index is 4.82. The minimum absolute atomic E-state index is 0.746. The van der Waals surface area contributed by atoms with E-state index in [2.05, 4.69) is 125 Å². The zero-order valence-corrected chi connectivity index (χ0v) is 25.0. The quantitative estimate of drug-likeness (QED) is 0.136. The molecule has 0 aliphatic rings. The molecule has 0 spiro atoms. The van der Waals surface area contributed by atoms with Gasteiger partial charge < -0.3 is 9.88 Å². The van der Waals surface area contributed by atoms with E-state index in [9.17, 15) is 0 Å². The maximum Gasteiger partial charge on any atom is 0.0886 e. The predicted octanol–water partition coefficient (Wildman–Crippen LogP) is 10.2. The number of likely N-dealkylation sites (N-methyl/N-ethyl adjacent to an activating group) is 1. The van der Waals surface area contributed by atoms with Crippen LogP contribution in [0, 0.1) is 0 Å². The fourth-order valence-electron chi connectivity index (χ4n) is 5.77. The second-order valence-electron chi connectivity index (χ2n) is 10.4. The van der Waals surface area contributed by atoms with Crippen LogP contribution in [0.25, 0.3) is 44.2 Å². The van der Waals surface area contributed by atoms with Crippen LogP contribution in [-0.4, -0.2) is 24.5 Å². The van der Waals surface area contributed by atoms with Crippen LogP contribution < -0.4 is 5.32 Å². The van der Waals surface area contributed by atoms with Gasteiger partial charge in [0.15, 0.2) is 0 Å². The number of allylic oxidation sites excluding steroid dienone is 4. The fraction of sp³-hybridized carbons (Fsp3) is 0.0500. The van der Waals surface area contributed by atoms with Crippen molar-refractivity contribution in [2.24, 2.45) is 9.98 Å². The molecule has 0 saturated heterocycles. The molecule has 0 unspecified atom stereocenters. The first-order valence-corrected chi connectivity index (χ1v) is 14.7. The first-order valence-electron chi connectivity index (χ1n) is 14.7. The number of fused-ring (bicyclic) bond motifs is 3. The van der Waals surface area contributed by atoms with E-state index in [1.807, 2.05) is 56.6 Å². The van der Waals surface area contributed by atoms with Crippen LogP contribution in [0.2, 0.25) is 0 Å². The van der Waals surface area contributed by atoms with Crippen LogP contribution in [0.5, 0.6) is 0 Å². The first-order chi connectivity index (χ1) is 21.7. The Balaban J connectivity index is 1.54. The van der Waals surface area contributed by atoms with Gasteiger partial charge in [-0.25, -0.2) is 0 Å². The van der Waals surface area contributed by atoms with E-state index in [-0.39, 0.29) is 0 Å². The molecular weight excluding hydrogens is 536 g/mol. The molecule has 0 aliphatic heterocycles. The van der Waals surface area contributed by atoms with E-state index in [4.69, 9.17) is 4.99 Å². The number of aromatic nitrogens is 1. The van der Waals surface area contributed by atoms with Gasteiger partial charge in [0, 0.05) is 46.6 Å². The summed E-state index contributed by atoms with van der Waals surface area (Å²) >= 11 is 0. The van der Waals surface area contributed by atoms with E-state index in [0.29, 0.717) is 0 Å². The second-order valence-corrected chi connectivity index (χ2v) is 10.4. The van der Waals surface area contributed by atoms with Crippen LogP contribution in [-0.2, 0) is 0 Å². The van der Waals surface area contributed by atoms with Crippen molar-refractivity contribution in [3.63, 3.8) is 0 Å². The van der Waals surface area contributed by atoms with Crippen LogP contribution in [0.15, 0.2) is 156 Å². The average molecular weight is 571 g/mol. The molecule has 4 nitrogen and oxygen atoms in total. The largest absolute Gasteiger partial charge is 0.388 e. The number of rotatable bonds is 9. The molecule has 214 valence electrons. The highest BCUT2D eigenvalue weighted by molar-refractivity contribution is 6.10. The molecule has 6 aromatic rings. The fourth-order valence-corrected chi connectivity index (χ4v) is 5.77. The van der Waals surface area contributed by atoms with Gasteiger partial charge in [0.25, 0.3) is 0 Å². The van der Waals surface area contributed by atoms with Gasteiger partial charge in [0.1, 0.15) is 0 Å². The van der Waals surface area contributed by atoms with Gasteiger partial charge in [-0.05, 0) is 84.9 Å². The van der Waals surface area contributed by atoms with Crippen LogP contribution in [0.3, 0.4) is 0 Å². The lowest BCUT2D eigenvalue weighted by molar-refractivity contribution is 1.04. The molecule has 6 rings (SSSR count). The summed E-state index contributed by atoms with van der Waals surface area (Å²) < 4.78 is 2.34. The highest BCUT2D eigenvalue weighted by atomic mass is 15.0. The number of nitrogens with one attached hydrogen (secondary N) is 1. The summed E-state index contributed by atoms with van der Waals surface area (Å²) in [6.07, 6.45) is 7.91. The topological polar surface area (TPSA) is 41.7 Å². The Hall–Kier alpha value is -5.74. The summed E-state index contributed by atoms with van der Waals surface area (Å²) in [5, 5.41) is 5.76. The first kappa shape index (κ1) is 28.4. The van der Waals surface area contributed by atoms with Gasteiger partial charge in [-0.3, -0.25) is 9.98 Å². The summed E-state index contributed by atoms with van der Waals surface area (Å²) in [6, 6.07) is 40.2. The Morgan fingerprint density at radius 1 is 0.750 bits per heavy atom. The van der Waals surface area contributed by atoms with Gasteiger partial charge in [-0.1, -0.05) is 85.5 Å². The Morgan fingerprint density at radius 3 is 2.18 bits per heavy atom. The normalized spacial score (nSPS) is 12.2. The molecule has 1 heterocycles. The zero-order valence-electron chi connectivity index (χ0n) is 25.0. The number of benzene rings is 5.